The number of aliphatic hydroxyl groups excluding tert-OH is 1. The van der Waals surface area contributed by atoms with Gasteiger partial charge in [0.1, 0.15) is 0 Å². The number of nitrogens with one attached hydrogen (secondary N) is 1. The van der Waals surface area contributed by atoms with Gasteiger partial charge >= 0.3 is 0 Å². The lowest BCUT2D eigenvalue weighted by molar-refractivity contribution is -0.113. The lowest BCUT2D eigenvalue weighted by Crippen LogP contribution is -2.37. The lowest BCUT2D eigenvalue weighted by atomic mass is 10.1. The first kappa shape index (κ1) is 26.9. The number of aromatic nitrogens is 1. The quantitative estimate of drug-likeness (QED) is 0.368. The molecule has 0 spiro atoms. The van der Waals surface area contributed by atoms with E-state index in [9.17, 15) is 22.5 Å². The molecule has 1 amide bonds. The Labute approximate surface area is 209 Å². The highest BCUT2D eigenvalue weighted by atomic mass is 32.2. The predicted molar refractivity (Wildman–Crippen MR) is 135 cm³/mol. The number of carbonyl (C=O) groups is 1. The highest BCUT2D eigenvalue weighted by Gasteiger charge is 2.37. The summed E-state index contributed by atoms with van der Waals surface area (Å²) in [4.78, 5) is 12.7. The Morgan fingerprint density at radius 2 is 1.77 bits per heavy atom. The topological polar surface area (TPSA) is 130 Å². The van der Waals surface area contributed by atoms with Gasteiger partial charge in [-0.2, -0.15) is 0 Å². The number of anilines is 1. The van der Waals surface area contributed by atoms with Crippen molar-refractivity contribution in [1.29, 1.82) is 0 Å². The van der Waals surface area contributed by atoms with Crippen LogP contribution in [0, 0.1) is 0 Å². The van der Waals surface area contributed by atoms with E-state index in [0.29, 0.717) is 11.5 Å². The summed E-state index contributed by atoms with van der Waals surface area (Å²) in [5.74, 6) is -0.172. The molecule has 0 fully saturated rings. The van der Waals surface area contributed by atoms with Crippen molar-refractivity contribution in [2.24, 2.45) is 0 Å². The van der Waals surface area contributed by atoms with E-state index in [2.05, 4.69) is 17.4 Å². The van der Waals surface area contributed by atoms with Gasteiger partial charge < -0.3 is 14.9 Å². The Kier molecular flexibility index (Phi) is 9.50. The zero-order valence-electron chi connectivity index (χ0n) is 20.2. The lowest BCUT2D eigenvalue weighted by Gasteiger charge is -2.28. The molecule has 0 bridgehead atoms. The third kappa shape index (κ3) is 6.72. The number of hydrogen-bond acceptors (Lipinski definition) is 7. The van der Waals surface area contributed by atoms with E-state index in [0.717, 1.165) is 23.6 Å². The van der Waals surface area contributed by atoms with Crippen LogP contribution in [0.4, 0.5) is 5.82 Å². The minimum Gasteiger partial charge on any atom is -0.505 e. The number of carbonyl (C=O) groups excluding carboxylic acids is 1. The number of aliphatic hydroxyl groups is 1. The smallest absolute Gasteiger partial charge is 0.278 e. The van der Waals surface area contributed by atoms with Crippen LogP contribution in [0.15, 0.2) is 45.4 Å². The van der Waals surface area contributed by atoms with Crippen LogP contribution >= 0.6 is 0 Å². The average Bonchev–Trinajstić information content (AvgIpc) is 3.26. The highest BCUT2D eigenvalue weighted by molar-refractivity contribution is 7.89. The molecule has 1 aliphatic heterocycles. The fourth-order valence-electron chi connectivity index (χ4n) is 3.93. The van der Waals surface area contributed by atoms with Gasteiger partial charge in [0, 0.05) is 35.2 Å². The Morgan fingerprint density at radius 1 is 1.11 bits per heavy atom. The molecule has 1 unspecified atom stereocenters. The molecule has 9 nitrogen and oxygen atoms in total. The first-order chi connectivity index (χ1) is 16.8. The van der Waals surface area contributed by atoms with Gasteiger partial charge in [-0.1, -0.05) is 69.2 Å². The van der Waals surface area contributed by atoms with Crippen LogP contribution in [0.5, 0.6) is 0 Å². The van der Waals surface area contributed by atoms with Crippen molar-refractivity contribution in [3.05, 3.63) is 47.4 Å². The molecule has 192 valence electrons. The maximum atomic E-state index is 12.8. The van der Waals surface area contributed by atoms with Crippen molar-refractivity contribution >= 4 is 38.3 Å². The zero-order chi connectivity index (χ0) is 25.4. The molecule has 3 rings (SSSR count). The van der Waals surface area contributed by atoms with Crippen LogP contribution in [0.3, 0.4) is 0 Å². The van der Waals surface area contributed by atoms with Crippen molar-refractivity contribution in [2.75, 3.05) is 18.1 Å². The number of hydrogen-bond donors (Lipinski definition) is 2. The fraction of sp³-hybridized carbons (Fsp3) is 0.500. The van der Waals surface area contributed by atoms with Gasteiger partial charge in [-0.15, -0.1) is 0 Å². The Balaban J connectivity index is 1.54. The van der Waals surface area contributed by atoms with Crippen LogP contribution in [0.1, 0.15) is 69.6 Å². The van der Waals surface area contributed by atoms with Gasteiger partial charge in [-0.25, -0.2) is 8.42 Å². The second-order valence-corrected chi connectivity index (χ2v) is 12.1. The van der Waals surface area contributed by atoms with Crippen molar-refractivity contribution in [3.8, 4) is 0 Å². The third-order valence-corrected chi connectivity index (χ3v) is 9.03. The maximum absolute atomic E-state index is 12.8. The van der Waals surface area contributed by atoms with Gasteiger partial charge in [-0.3, -0.25) is 13.3 Å². The summed E-state index contributed by atoms with van der Waals surface area (Å²) in [6.07, 6.45) is 9.35. The Hall–Kier alpha value is -2.66. The summed E-state index contributed by atoms with van der Waals surface area (Å²) >= 11 is 0. The SMILES string of the molecule is CCCCCCCCCCS(=O)Cc1cc(NC(=O)C2=C(O)c3ccccc3S(=O)(=O)N2C)no1. The molecule has 1 aliphatic rings. The van der Waals surface area contributed by atoms with Crippen molar-refractivity contribution in [2.45, 2.75) is 68.9 Å². The van der Waals surface area contributed by atoms with E-state index >= 15 is 0 Å². The molecule has 0 aliphatic carbocycles. The molecule has 11 heteroatoms. The van der Waals surface area contributed by atoms with E-state index in [1.807, 2.05) is 0 Å². The third-order valence-electron chi connectivity index (χ3n) is 5.86. The number of likely N-dealkylation sites (N-methyl/N-ethyl adjacent to an activating group) is 1. The van der Waals surface area contributed by atoms with E-state index in [-0.39, 0.29) is 22.0 Å². The summed E-state index contributed by atoms with van der Waals surface area (Å²) in [6, 6.07) is 7.36. The molecule has 35 heavy (non-hydrogen) atoms. The molecule has 0 saturated heterocycles. The number of amides is 1. The van der Waals surface area contributed by atoms with E-state index < -0.39 is 38.2 Å². The number of benzene rings is 1. The van der Waals surface area contributed by atoms with Crippen molar-refractivity contribution in [3.63, 3.8) is 0 Å². The first-order valence-electron chi connectivity index (χ1n) is 11.9. The maximum Gasteiger partial charge on any atom is 0.278 e. The zero-order valence-corrected chi connectivity index (χ0v) is 21.8. The fourth-order valence-corrected chi connectivity index (χ4v) is 6.45. The van der Waals surface area contributed by atoms with Gasteiger partial charge in [0.2, 0.25) is 0 Å². The molecule has 1 aromatic heterocycles. The monoisotopic (exact) mass is 523 g/mol. The van der Waals surface area contributed by atoms with Crippen LogP contribution in [-0.2, 0) is 31.4 Å². The summed E-state index contributed by atoms with van der Waals surface area (Å²) in [5.41, 5.74) is -0.375. The largest absolute Gasteiger partial charge is 0.505 e. The summed E-state index contributed by atoms with van der Waals surface area (Å²) in [6.45, 7) is 2.20. The van der Waals surface area contributed by atoms with Gasteiger partial charge in [0.05, 0.1) is 10.6 Å². The molecular weight excluding hydrogens is 490 g/mol. The number of unbranched alkanes of at least 4 members (excludes halogenated alkanes) is 7. The standard InChI is InChI=1S/C24H33N3O6S2/c1-3-4-5-6-7-8-9-12-15-34(30)17-18-16-21(26-33-18)25-24(29)22-23(28)19-13-10-11-14-20(19)35(31,32)27(22)2/h10-11,13-14,16,28H,3-9,12,15,17H2,1-2H3,(H,25,26,29). The summed E-state index contributed by atoms with van der Waals surface area (Å²) < 4.78 is 43.8. The van der Waals surface area contributed by atoms with E-state index in [1.54, 1.807) is 6.07 Å². The minimum atomic E-state index is -4.00. The number of nitrogens with zero attached hydrogens (tertiary/aromatic N) is 2. The van der Waals surface area contributed by atoms with Crippen LogP contribution in [-0.4, -0.2) is 45.9 Å². The van der Waals surface area contributed by atoms with Crippen molar-refractivity contribution < 1.29 is 27.1 Å². The first-order valence-corrected chi connectivity index (χ1v) is 14.8. The molecular formula is C24H33N3O6S2. The second-order valence-electron chi connectivity index (χ2n) is 8.56. The summed E-state index contributed by atoms with van der Waals surface area (Å²) in [7, 11) is -3.92. The van der Waals surface area contributed by atoms with Crippen LogP contribution in [0.25, 0.3) is 5.76 Å². The highest BCUT2D eigenvalue weighted by Crippen LogP contribution is 2.34. The second kappa shape index (κ2) is 12.3. The van der Waals surface area contributed by atoms with Crippen LogP contribution < -0.4 is 5.32 Å². The number of sulfonamides is 1. The molecule has 1 aromatic carbocycles. The number of rotatable bonds is 13. The van der Waals surface area contributed by atoms with Gasteiger partial charge in [0.15, 0.2) is 23.0 Å². The van der Waals surface area contributed by atoms with Crippen molar-refractivity contribution in [1.82, 2.24) is 9.46 Å². The normalized spacial score (nSPS) is 15.7. The van der Waals surface area contributed by atoms with Gasteiger partial charge in [0.25, 0.3) is 15.9 Å². The molecule has 0 radical (unpaired) electrons. The summed E-state index contributed by atoms with van der Waals surface area (Å²) in [5, 5.41) is 16.8. The molecule has 2 heterocycles. The van der Waals surface area contributed by atoms with E-state index in [1.165, 1.54) is 63.4 Å². The van der Waals surface area contributed by atoms with E-state index in [4.69, 9.17) is 4.52 Å². The van der Waals surface area contributed by atoms with Crippen LogP contribution in [0.2, 0.25) is 0 Å². The Morgan fingerprint density at radius 3 is 2.49 bits per heavy atom. The predicted octanol–water partition coefficient (Wildman–Crippen LogP) is 4.56. The molecule has 1 atom stereocenters. The molecule has 2 aromatic rings. The average molecular weight is 524 g/mol. The number of fused-ring (bicyclic) bond motifs is 1. The minimum absolute atomic E-state index is 0.0408. The molecule has 0 saturated carbocycles. The Bertz CT molecular complexity index is 1190. The van der Waals surface area contributed by atoms with Gasteiger partial charge in [-0.05, 0) is 18.6 Å². The molecule has 2 N–H and O–H groups in total.